The first kappa shape index (κ1) is 46.6. The van der Waals surface area contributed by atoms with Crippen LogP contribution in [0.1, 0.15) is 219 Å². The van der Waals surface area contributed by atoms with Crippen LogP contribution in [-0.2, 0) is 4.79 Å². The van der Waals surface area contributed by atoms with E-state index in [1.165, 1.54) is 141 Å². The second kappa shape index (κ2) is 40.0. The van der Waals surface area contributed by atoms with Gasteiger partial charge in [-0.05, 0) is 51.4 Å². The third-order valence-electron chi connectivity index (χ3n) is 9.65. The standard InChI is InChI=1S/C44H83NO3/c1-3-5-7-9-11-13-15-17-19-21-22-24-26-28-30-32-34-36-38-40-44(48)45-42(41-46)43(47)39-37-35-33-31-29-27-25-23-20-18-16-14-12-10-8-6-4-2/h11,13,17,19,22,24,42-43,46-47H,3-10,12,14-16,18,20-21,23,25-41H2,1-2H3,(H,45,48)/b13-11-,19-17-,24-22-. The van der Waals surface area contributed by atoms with Crippen molar-refractivity contribution in [2.75, 3.05) is 6.61 Å². The molecule has 0 aromatic carbocycles. The van der Waals surface area contributed by atoms with Crippen molar-refractivity contribution >= 4 is 5.91 Å². The van der Waals surface area contributed by atoms with Crippen molar-refractivity contribution < 1.29 is 15.0 Å². The monoisotopic (exact) mass is 674 g/mol. The number of aliphatic hydroxyl groups is 2. The number of amides is 1. The van der Waals surface area contributed by atoms with Crippen LogP contribution in [0.5, 0.6) is 0 Å². The molecule has 4 heteroatoms. The van der Waals surface area contributed by atoms with Gasteiger partial charge in [0.2, 0.25) is 5.91 Å². The zero-order valence-electron chi connectivity index (χ0n) is 32.3. The topological polar surface area (TPSA) is 69.6 Å². The van der Waals surface area contributed by atoms with Crippen LogP contribution in [-0.4, -0.2) is 34.9 Å². The zero-order chi connectivity index (χ0) is 35.0. The maximum atomic E-state index is 12.4. The highest BCUT2D eigenvalue weighted by Gasteiger charge is 2.19. The summed E-state index contributed by atoms with van der Waals surface area (Å²) in [7, 11) is 0. The summed E-state index contributed by atoms with van der Waals surface area (Å²) in [6.07, 6.45) is 52.1. The van der Waals surface area contributed by atoms with Crippen LogP contribution in [0.4, 0.5) is 0 Å². The Kier molecular flexibility index (Phi) is 38.9. The summed E-state index contributed by atoms with van der Waals surface area (Å²) in [5.74, 6) is -0.0438. The molecule has 0 bridgehead atoms. The summed E-state index contributed by atoms with van der Waals surface area (Å²) in [5.41, 5.74) is 0. The van der Waals surface area contributed by atoms with Crippen LogP contribution >= 0.6 is 0 Å². The van der Waals surface area contributed by atoms with Gasteiger partial charge in [0, 0.05) is 6.42 Å². The van der Waals surface area contributed by atoms with E-state index in [1.54, 1.807) is 0 Å². The fourth-order valence-corrected chi connectivity index (χ4v) is 6.37. The molecule has 48 heavy (non-hydrogen) atoms. The van der Waals surface area contributed by atoms with E-state index >= 15 is 0 Å². The van der Waals surface area contributed by atoms with Gasteiger partial charge in [-0.2, -0.15) is 0 Å². The zero-order valence-corrected chi connectivity index (χ0v) is 32.3. The molecule has 0 aromatic rings. The number of carbonyl (C=O) groups excluding carboxylic acids is 1. The fraction of sp³-hybridized carbons (Fsp3) is 0.841. The van der Waals surface area contributed by atoms with Crippen LogP contribution in [0.15, 0.2) is 36.5 Å². The first-order valence-electron chi connectivity index (χ1n) is 21.2. The van der Waals surface area contributed by atoms with E-state index in [2.05, 4.69) is 55.6 Å². The molecule has 0 aliphatic carbocycles. The predicted octanol–water partition coefficient (Wildman–Crippen LogP) is 13.0. The summed E-state index contributed by atoms with van der Waals surface area (Å²) < 4.78 is 0. The normalized spacial score (nSPS) is 13.3. The molecule has 0 fully saturated rings. The van der Waals surface area contributed by atoms with Gasteiger partial charge in [-0.1, -0.05) is 198 Å². The van der Waals surface area contributed by atoms with Crippen molar-refractivity contribution in [2.45, 2.75) is 231 Å². The Bertz CT molecular complexity index is 731. The maximum Gasteiger partial charge on any atom is 0.220 e. The Morgan fingerprint density at radius 3 is 1.31 bits per heavy atom. The molecule has 0 spiro atoms. The number of hydrogen-bond donors (Lipinski definition) is 3. The molecule has 0 heterocycles. The smallest absolute Gasteiger partial charge is 0.220 e. The Labute approximate surface area is 300 Å². The van der Waals surface area contributed by atoms with Crippen LogP contribution in [0.25, 0.3) is 0 Å². The summed E-state index contributed by atoms with van der Waals surface area (Å²) in [6.45, 7) is 4.33. The predicted molar refractivity (Wildman–Crippen MR) is 212 cm³/mol. The minimum atomic E-state index is -0.664. The lowest BCUT2D eigenvalue weighted by Gasteiger charge is -2.22. The van der Waals surface area contributed by atoms with Gasteiger partial charge in [-0.3, -0.25) is 4.79 Å². The third kappa shape index (κ3) is 35.9. The molecule has 0 saturated heterocycles. The fourth-order valence-electron chi connectivity index (χ4n) is 6.37. The Morgan fingerprint density at radius 1 is 0.500 bits per heavy atom. The van der Waals surface area contributed by atoms with Crippen molar-refractivity contribution in [3.05, 3.63) is 36.5 Å². The quantitative estimate of drug-likeness (QED) is 0.0451. The molecule has 2 unspecified atom stereocenters. The van der Waals surface area contributed by atoms with E-state index in [0.717, 1.165) is 51.4 Å². The molecular weight excluding hydrogens is 590 g/mol. The summed E-state index contributed by atoms with van der Waals surface area (Å²) in [4.78, 5) is 12.4. The molecule has 282 valence electrons. The highest BCUT2D eigenvalue weighted by molar-refractivity contribution is 5.76. The molecule has 0 aliphatic heterocycles. The Hall–Kier alpha value is -1.39. The lowest BCUT2D eigenvalue weighted by molar-refractivity contribution is -0.123. The van der Waals surface area contributed by atoms with E-state index in [9.17, 15) is 15.0 Å². The van der Waals surface area contributed by atoms with Gasteiger partial charge < -0.3 is 15.5 Å². The largest absolute Gasteiger partial charge is 0.394 e. The number of hydrogen-bond acceptors (Lipinski definition) is 3. The number of rotatable bonds is 38. The molecule has 0 saturated carbocycles. The summed E-state index contributed by atoms with van der Waals surface area (Å²) in [5, 5.41) is 23.1. The van der Waals surface area contributed by atoms with Gasteiger partial charge >= 0.3 is 0 Å². The highest BCUT2D eigenvalue weighted by atomic mass is 16.3. The van der Waals surface area contributed by atoms with Crippen molar-refractivity contribution in [3.8, 4) is 0 Å². The van der Waals surface area contributed by atoms with Crippen LogP contribution in [0, 0.1) is 0 Å². The van der Waals surface area contributed by atoms with Crippen LogP contribution in [0.2, 0.25) is 0 Å². The van der Waals surface area contributed by atoms with Gasteiger partial charge in [0.05, 0.1) is 18.8 Å². The van der Waals surface area contributed by atoms with Crippen molar-refractivity contribution in [1.29, 1.82) is 0 Å². The Balaban J connectivity index is 3.57. The molecule has 3 N–H and O–H groups in total. The SMILES string of the molecule is CCCCC/C=C\C/C=C\C/C=C\CCCCCCCCC(=O)NC(CO)C(O)CCCCCCCCCCCCCCCCCCC. The first-order valence-corrected chi connectivity index (χ1v) is 21.2. The number of nitrogens with one attached hydrogen (secondary N) is 1. The summed E-state index contributed by atoms with van der Waals surface area (Å²) >= 11 is 0. The van der Waals surface area contributed by atoms with E-state index in [0.29, 0.717) is 12.8 Å². The van der Waals surface area contributed by atoms with Crippen LogP contribution in [0.3, 0.4) is 0 Å². The van der Waals surface area contributed by atoms with Gasteiger partial charge in [-0.15, -0.1) is 0 Å². The van der Waals surface area contributed by atoms with Crippen molar-refractivity contribution in [3.63, 3.8) is 0 Å². The molecule has 0 aromatic heterocycles. The van der Waals surface area contributed by atoms with Crippen LogP contribution < -0.4 is 5.32 Å². The molecule has 0 aliphatic rings. The van der Waals surface area contributed by atoms with Crippen molar-refractivity contribution in [1.82, 2.24) is 5.32 Å². The van der Waals surface area contributed by atoms with E-state index < -0.39 is 12.1 Å². The summed E-state index contributed by atoms with van der Waals surface area (Å²) in [6, 6.07) is -0.542. The molecule has 0 radical (unpaired) electrons. The first-order chi connectivity index (χ1) is 23.7. The highest BCUT2D eigenvalue weighted by Crippen LogP contribution is 2.15. The van der Waals surface area contributed by atoms with E-state index in [4.69, 9.17) is 0 Å². The van der Waals surface area contributed by atoms with Gasteiger partial charge in [0.15, 0.2) is 0 Å². The van der Waals surface area contributed by atoms with E-state index in [1.807, 2.05) is 0 Å². The molecule has 0 rings (SSSR count). The second-order valence-corrected chi connectivity index (χ2v) is 14.4. The minimum Gasteiger partial charge on any atom is -0.394 e. The van der Waals surface area contributed by atoms with Gasteiger partial charge in [0.1, 0.15) is 0 Å². The second-order valence-electron chi connectivity index (χ2n) is 14.4. The minimum absolute atomic E-state index is 0.0438. The third-order valence-corrected chi connectivity index (χ3v) is 9.65. The van der Waals surface area contributed by atoms with Crippen molar-refractivity contribution in [2.24, 2.45) is 0 Å². The average Bonchev–Trinajstić information content (AvgIpc) is 3.09. The molecule has 2 atom stereocenters. The molecule has 1 amide bonds. The lowest BCUT2D eigenvalue weighted by Crippen LogP contribution is -2.45. The van der Waals surface area contributed by atoms with Gasteiger partial charge in [0.25, 0.3) is 0 Å². The number of aliphatic hydroxyl groups excluding tert-OH is 2. The number of unbranched alkanes of at least 4 members (excludes halogenated alkanes) is 25. The van der Waals surface area contributed by atoms with E-state index in [-0.39, 0.29) is 12.5 Å². The maximum absolute atomic E-state index is 12.4. The number of carbonyl (C=O) groups is 1. The molecular formula is C44H83NO3. The Morgan fingerprint density at radius 2 is 0.854 bits per heavy atom. The molecule has 4 nitrogen and oxygen atoms in total. The lowest BCUT2D eigenvalue weighted by atomic mass is 10.0. The number of allylic oxidation sites excluding steroid dienone is 6. The van der Waals surface area contributed by atoms with Gasteiger partial charge in [-0.25, -0.2) is 0 Å². The average molecular weight is 674 g/mol.